The number of para-hydroxylation sites is 1. The molecule has 8 heteroatoms. The molecule has 7 nitrogen and oxygen atoms in total. The van der Waals surface area contributed by atoms with E-state index >= 15 is 0 Å². The van der Waals surface area contributed by atoms with E-state index in [0.29, 0.717) is 12.1 Å². The number of hydrogen-bond acceptors (Lipinski definition) is 5. The maximum atomic E-state index is 12.5. The molecule has 0 fully saturated rings. The van der Waals surface area contributed by atoms with E-state index in [9.17, 15) is 4.79 Å². The average Bonchev–Trinajstić information content (AvgIpc) is 3.11. The highest BCUT2D eigenvalue weighted by molar-refractivity contribution is 5.95. The van der Waals surface area contributed by atoms with E-state index in [1.165, 1.54) is 0 Å². The van der Waals surface area contributed by atoms with Crippen LogP contribution in [0.25, 0.3) is 22.2 Å². The van der Waals surface area contributed by atoms with Gasteiger partial charge in [0.15, 0.2) is 0 Å². The van der Waals surface area contributed by atoms with Crippen molar-refractivity contribution in [3.05, 3.63) is 72.6 Å². The normalized spacial score (nSPS) is 11.6. The van der Waals surface area contributed by atoms with Crippen molar-refractivity contribution in [1.29, 1.82) is 0 Å². The summed E-state index contributed by atoms with van der Waals surface area (Å²) >= 11 is 0. The molecule has 4 rings (SSSR count). The molecule has 2 aromatic heterocycles. The number of halogens is 1. The number of nitrogens with two attached hydrogens (primary N) is 2. The lowest BCUT2D eigenvalue weighted by Crippen LogP contribution is -2.37. The summed E-state index contributed by atoms with van der Waals surface area (Å²) in [5.74, 6) is -0.0116. The molecule has 0 bridgehead atoms. The van der Waals surface area contributed by atoms with Crippen molar-refractivity contribution in [3.63, 3.8) is 0 Å². The van der Waals surface area contributed by atoms with Crippen molar-refractivity contribution < 1.29 is 4.79 Å². The number of benzene rings is 2. The molecule has 1 amide bonds. The second kappa shape index (κ2) is 8.72. The molecular weight excluding hydrogens is 388 g/mol. The fourth-order valence-corrected chi connectivity index (χ4v) is 3.12. The zero-order chi connectivity index (χ0) is 19.5. The summed E-state index contributed by atoms with van der Waals surface area (Å²) in [6.07, 6.45) is 3.96. The summed E-state index contributed by atoms with van der Waals surface area (Å²) in [5, 5.41) is 3.94. The van der Waals surface area contributed by atoms with Crippen LogP contribution in [0.4, 0.5) is 11.6 Å². The third kappa shape index (κ3) is 4.53. The minimum Gasteiger partial charge on any atom is -0.368 e. The maximum Gasteiger partial charge on any atom is 0.241 e. The molecule has 148 valence electrons. The highest BCUT2D eigenvalue weighted by atomic mass is 35.5. The number of aromatic amines is 1. The molecular formula is C21H21ClN6O. The molecule has 2 aromatic carbocycles. The second-order valence-electron chi connectivity index (χ2n) is 6.54. The summed E-state index contributed by atoms with van der Waals surface area (Å²) in [7, 11) is 0. The molecule has 1 atom stereocenters. The molecule has 0 aliphatic rings. The number of amides is 1. The van der Waals surface area contributed by atoms with E-state index in [4.69, 9.17) is 11.5 Å². The molecule has 0 spiro atoms. The van der Waals surface area contributed by atoms with Gasteiger partial charge in [-0.25, -0.2) is 9.97 Å². The van der Waals surface area contributed by atoms with Crippen LogP contribution < -0.4 is 16.8 Å². The number of carbonyl (C=O) groups is 1. The van der Waals surface area contributed by atoms with Crippen LogP contribution in [0.15, 0.2) is 67.0 Å². The monoisotopic (exact) mass is 408 g/mol. The number of H-pyrrole nitrogens is 1. The van der Waals surface area contributed by atoms with Crippen LogP contribution in [0, 0.1) is 0 Å². The van der Waals surface area contributed by atoms with Crippen LogP contribution in [0.5, 0.6) is 0 Å². The van der Waals surface area contributed by atoms with Gasteiger partial charge in [0.25, 0.3) is 0 Å². The summed E-state index contributed by atoms with van der Waals surface area (Å²) < 4.78 is 0. The molecule has 0 saturated carbocycles. The van der Waals surface area contributed by atoms with Gasteiger partial charge in [-0.1, -0.05) is 30.3 Å². The van der Waals surface area contributed by atoms with Crippen molar-refractivity contribution in [3.8, 4) is 11.3 Å². The molecule has 1 unspecified atom stereocenters. The van der Waals surface area contributed by atoms with Crippen LogP contribution >= 0.6 is 12.4 Å². The van der Waals surface area contributed by atoms with Gasteiger partial charge < -0.3 is 21.8 Å². The number of aromatic nitrogens is 3. The summed E-state index contributed by atoms with van der Waals surface area (Å²) in [4.78, 5) is 23.8. The Morgan fingerprint density at radius 2 is 1.86 bits per heavy atom. The van der Waals surface area contributed by atoms with Crippen molar-refractivity contribution in [2.45, 2.75) is 12.5 Å². The largest absolute Gasteiger partial charge is 0.368 e. The Balaban J connectivity index is 0.00000240. The Morgan fingerprint density at radius 3 is 2.62 bits per heavy atom. The molecule has 4 aromatic rings. The van der Waals surface area contributed by atoms with Crippen molar-refractivity contribution in [2.75, 3.05) is 11.1 Å². The van der Waals surface area contributed by atoms with Crippen LogP contribution in [0.3, 0.4) is 0 Å². The van der Waals surface area contributed by atoms with E-state index in [0.717, 1.165) is 27.7 Å². The highest BCUT2D eigenvalue weighted by Gasteiger charge is 2.16. The Labute approximate surface area is 174 Å². The number of hydrogen-bond donors (Lipinski definition) is 4. The zero-order valence-corrected chi connectivity index (χ0v) is 16.3. The summed E-state index contributed by atoms with van der Waals surface area (Å²) in [6, 6.07) is 16.4. The third-order valence-electron chi connectivity index (χ3n) is 4.57. The second-order valence-corrected chi connectivity index (χ2v) is 6.54. The molecule has 0 aliphatic heterocycles. The van der Waals surface area contributed by atoms with Crippen molar-refractivity contribution in [1.82, 2.24) is 15.0 Å². The van der Waals surface area contributed by atoms with E-state index in [2.05, 4.69) is 20.3 Å². The van der Waals surface area contributed by atoms with Crippen LogP contribution in [-0.2, 0) is 11.2 Å². The standard InChI is InChI=1S/C21H20N6O.ClH/c22-17(11-14-12-25-19-4-2-1-3-16(14)19)20(28)26-15-7-5-13(6-8-15)18-9-10-24-21(23)27-18;/h1-10,12,17,25H,11,22H2,(H,26,28)(H2,23,24,27);1H. The van der Waals surface area contributed by atoms with Gasteiger partial charge in [0.2, 0.25) is 11.9 Å². The predicted octanol–water partition coefficient (Wildman–Crippen LogP) is 3.14. The van der Waals surface area contributed by atoms with E-state index in [-0.39, 0.29) is 24.3 Å². The number of nitrogens with one attached hydrogen (secondary N) is 2. The topological polar surface area (TPSA) is 123 Å². The third-order valence-corrected chi connectivity index (χ3v) is 4.57. The maximum absolute atomic E-state index is 12.5. The van der Waals surface area contributed by atoms with Gasteiger partial charge in [0.05, 0.1) is 11.7 Å². The van der Waals surface area contributed by atoms with Crippen molar-refractivity contribution in [2.24, 2.45) is 5.73 Å². The fraction of sp³-hybridized carbons (Fsp3) is 0.0952. The van der Waals surface area contributed by atoms with Crippen molar-refractivity contribution >= 4 is 40.9 Å². The Hall–Kier alpha value is -3.42. The lowest BCUT2D eigenvalue weighted by molar-refractivity contribution is -0.117. The first kappa shape index (κ1) is 20.3. The molecule has 0 aliphatic carbocycles. The SMILES string of the molecule is Cl.Nc1nccc(-c2ccc(NC(=O)C(N)Cc3c[nH]c4ccccc34)cc2)n1. The number of anilines is 2. The van der Waals surface area contributed by atoms with E-state index in [1.54, 1.807) is 12.3 Å². The molecule has 2 heterocycles. The zero-order valence-electron chi connectivity index (χ0n) is 15.5. The smallest absolute Gasteiger partial charge is 0.241 e. The fourth-order valence-electron chi connectivity index (χ4n) is 3.12. The first-order valence-corrected chi connectivity index (χ1v) is 8.90. The first-order chi connectivity index (χ1) is 13.6. The highest BCUT2D eigenvalue weighted by Crippen LogP contribution is 2.21. The Bertz CT molecular complexity index is 1130. The Kier molecular flexibility index (Phi) is 6.11. The lowest BCUT2D eigenvalue weighted by Gasteiger charge is -2.12. The number of nitrogen functional groups attached to an aromatic ring is 1. The Morgan fingerprint density at radius 1 is 1.10 bits per heavy atom. The van der Waals surface area contributed by atoms with Gasteiger partial charge in [-0.3, -0.25) is 4.79 Å². The predicted molar refractivity (Wildman–Crippen MR) is 118 cm³/mol. The molecule has 6 N–H and O–H groups in total. The van der Waals surface area contributed by atoms with Crippen LogP contribution in [0.1, 0.15) is 5.56 Å². The first-order valence-electron chi connectivity index (χ1n) is 8.90. The summed E-state index contributed by atoms with van der Waals surface area (Å²) in [5.41, 5.74) is 16.1. The lowest BCUT2D eigenvalue weighted by atomic mass is 10.0. The van der Waals surface area contributed by atoms with E-state index in [1.807, 2.05) is 54.7 Å². The number of rotatable bonds is 5. The minimum absolute atomic E-state index is 0. The number of carbonyl (C=O) groups excluding carboxylic acids is 1. The molecule has 29 heavy (non-hydrogen) atoms. The number of fused-ring (bicyclic) bond motifs is 1. The van der Waals surface area contributed by atoms with Gasteiger partial charge in [-0.15, -0.1) is 12.4 Å². The van der Waals surface area contributed by atoms with Gasteiger partial charge in [0.1, 0.15) is 0 Å². The minimum atomic E-state index is -0.652. The van der Waals surface area contributed by atoms with Gasteiger partial charge >= 0.3 is 0 Å². The quantitative estimate of drug-likeness (QED) is 0.404. The molecule has 0 saturated heterocycles. The number of nitrogens with zero attached hydrogens (tertiary/aromatic N) is 2. The van der Waals surface area contributed by atoms with Crippen LogP contribution in [0.2, 0.25) is 0 Å². The van der Waals surface area contributed by atoms with Gasteiger partial charge in [-0.05, 0) is 36.2 Å². The molecule has 0 radical (unpaired) electrons. The average molecular weight is 409 g/mol. The van der Waals surface area contributed by atoms with Gasteiger partial charge in [-0.2, -0.15) is 0 Å². The van der Waals surface area contributed by atoms with Gasteiger partial charge in [0, 0.05) is 34.5 Å². The summed E-state index contributed by atoms with van der Waals surface area (Å²) in [6.45, 7) is 0. The van der Waals surface area contributed by atoms with Crippen LogP contribution in [-0.4, -0.2) is 26.9 Å². The van der Waals surface area contributed by atoms with E-state index < -0.39 is 6.04 Å².